The van der Waals surface area contributed by atoms with E-state index in [1.807, 2.05) is 18.3 Å². The Kier molecular flexibility index (Phi) is 6.12. The molecule has 0 saturated carbocycles. The molecule has 0 aliphatic carbocycles. The Morgan fingerprint density at radius 3 is 2.76 bits per heavy atom. The van der Waals surface area contributed by atoms with E-state index in [1.165, 1.54) is 6.20 Å². The van der Waals surface area contributed by atoms with Crippen molar-refractivity contribution in [1.29, 1.82) is 0 Å². The van der Waals surface area contributed by atoms with Crippen LogP contribution in [0.25, 0.3) is 0 Å². The molecule has 2 heterocycles. The van der Waals surface area contributed by atoms with E-state index in [2.05, 4.69) is 20.6 Å². The van der Waals surface area contributed by atoms with Gasteiger partial charge in [0.25, 0.3) is 5.91 Å². The molecule has 0 unspecified atom stereocenters. The Labute approximate surface area is 128 Å². The summed E-state index contributed by atoms with van der Waals surface area (Å²) in [5, 5.41) is 6.50. The van der Waals surface area contributed by atoms with Crippen LogP contribution in [-0.2, 0) is 6.54 Å². The quantitative estimate of drug-likeness (QED) is 0.768. The number of carbonyl (C=O) groups excluding carboxylic acids is 1. The van der Waals surface area contributed by atoms with Crippen molar-refractivity contribution in [3.8, 4) is 0 Å². The molecule has 0 aromatic carbocycles. The fraction of sp³-hybridized carbons (Fsp3) is 0.267. The molecule has 5 nitrogen and oxygen atoms in total. The van der Waals surface area contributed by atoms with Crippen LogP contribution in [-0.4, -0.2) is 29.0 Å². The van der Waals surface area contributed by atoms with Gasteiger partial charge in [-0.05, 0) is 30.7 Å². The molecule has 2 aromatic rings. The summed E-state index contributed by atoms with van der Waals surface area (Å²) in [5.41, 5.74) is 1.60. The van der Waals surface area contributed by atoms with Crippen molar-refractivity contribution in [2.75, 3.05) is 13.1 Å². The summed E-state index contributed by atoms with van der Waals surface area (Å²) in [6, 6.07) is 5.54. The highest BCUT2D eigenvalue weighted by atomic mass is 35.5. The van der Waals surface area contributed by atoms with E-state index >= 15 is 0 Å². The van der Waals surface area contributed by atoms with Gasteiger partial charge in [-0.15, -0.1) is 0 Å². The van der Waals surface area contributed by atoms with Crippen molar-refractivity contribution in [2.45, 2.75) is 13.0 Å². The number of nitrogens with one attached hydrogen (secondary N) is 2. The summed E-state index contributed by atoms with van der Waals surface area (Å²) in [5.74, 6) is -0.172. The largest absolute Gasteiger partial charge is 0.352 e. The van der Waals surface area contributed by atoms with Crippen LogP contribution in [0.1, 0.15) is 22.3 Å². The number of amides is 1. The highest BCUT2D eigenvalue weighted by Crippen LogP contribution is 2.12. The van der Waals surface area contributed by atoms with E-state index < -0.39 is 0 Å². The lowest BCUT2D eigenvalue weighted by atomic mass is 10.2. The third kappa shape index (κ3) is 5.13. The second-order valence-corrected chi connectivity index (χ2v) is 4.91. The molecule has 0 atom stereocenters. The molecule has 0 radical (unpaired) electrons. The summed E-state index contributed by atoms with van der Waals surface area (Å²) < 4.78 is 0. The Morgan fingerprint density at radius 2 is 2.00 bits per heavy atom. The van der Waals surface area contributed by atoms with Gasteiger partial charge in [-0.1, -0.05) is 17.7 Å². The zero-order valence-electron chi connectivity index (χ0n) is 11.6. The molecule has 1 amide bonds. The minimum absolute atomic E-state index is 0.172. The van der Waals surface area contributed by atoms with Gasteiger partial charge in [0.1, 0.15) is 0 Å². The lowest BCUT2D eigenvalue weighted by molar-refractivity contribution is 0.0953. The molecule has 0 aliphatic rings. The molecule has 0 fully saturated rings. The minimum atomic E-state index is -0.172. The Balaban J connectivity index is 1.62. The van der Waals surface area contributed by atoms with E-state index in [4.69, 9.17) is 11.6 Å². The van der Waals surface area contributed by atoms with E-state index in [0.29, 0.717) is 17.1 Å². The molecule has 2 N–H and O–H groups in total. The van der Waals surface area contributed by atoms with Crippen LogP contribution in [0.5, 0.6) is 0 Å². The standard InChI is InChI=1S/C15H17ClN4O/c16-14-11-19-8-4-13(14)15(21)20-7-2-6-18-10-12-3-1-5-17-9-12/h1,3-5,8-9,11,18H,2,6-7,10H2,(H,20,21). The monoisotopic (exact) mass is 304 g/mol. The summed E-state index contributed by atoms with van der Waals surface area (Å²) >= 11 is 5.91. The molecule has 110 valence electrons. The number of hydrogen-bond donors (Lipinski definition) is 2. The van der Waals surface area contributed by atoms with Crippen molar-refractivity contribution in [3.05, 3.63) is 59.1 Å². The first-order valence-corrected chi connectivity index (χ1v) is 7.12. The molecule has 6 heteroatoms. The van der Waals surface area contributed by atoms with Crippen LogP contribution in [0.4, 0.5) is 0 Å². The maximum Gasteiger partial charge on any atom is 0.252 e. The van der Waals surface area contributed by atoms with E-state index in [0.717, 1.165) is 25.1 Å². The van der Waals surface area contributed by atoms with Gasteiger partial charge in [0.2, 0.25) is 0 Å². The lowest BCUT2D eigenvalue weighted by Gasteiger charge is -2.07. The zero-order valence-corrected chi connectivity index (χ0v) is 12.3. The number of hydrogen-bond acceptors (Lipinski definition) is 4. The van der Waals surface area contributed by atoms with Crippen LogP contribution in [0.15, 0.2) is 43.0 Å². The van der Waals surface area contributed by atoms with Gasteiger partial charge in [0, 0.05) is 37.9 Å². The van der Waals surface area contributed by atoms with Crippen molar-refractivity contribution in [1.82, 2.24) is 20.6 Å². The second-order valence-electron chi connectivity index (χ2n) is 4.50. The summed E-state index contributed by atoms with van der Waals surface area (Å²) in [4.78, 5) is 19.8. The molecule has 0 saturated heterocycles. The first kappa shape index (κ1) is 15.4. The number of halogens is 1. The smallest absolute Gasteiger partial charge is 0.252 e. The number of nitrogens with zero attached hydrogens (tertiary/aromatic N) is 2. The molecule has 0 aliphatic heterocycles. The predicted molar refractivity (Wildman–Crippen MR) is 82.1 cm³/mol. The lowest BCUT2D eigenvalue weighted by Crippen LogP contribution is -2.27. The van der Waals surface area contributed by atoms with Gasteiger partial charge in [0.05, 0.1) is 10.6 Å². The van der Waals surface area contributed by atoms with Crippen molar-refractivity contribution >= 4 is 17.5 Å². The number of rotatable bonds is 7. The number of carbonyl (C=O) groups is 1. The topological polar surface area (TPSA) is 66.9 Å². The normalized spacial score (nSPS) is 10.3. The number of aromatic nitrogens is 2. The highest BCUT2D eigenvalue weighted by molar-refractivity contribution is 6.33. The molecule has 0 bridgehead atoms. The zero-order chi connectivity index (χ0) is 14.9. The summed E-state index contributed by atoms with van der Waals surface area (Å²) in [6.07, 6.45) is 7.44. The van der Waals surface area contributed by atoms with Gasteiger partial charge in [-0.2, -0.15) is 0 Å². The van der Waals surface area contributed by atoms with Crippen LogP contribution < -0.4 is 10.6 Å². The molecule has 2 aromatic heterocycles. The molecule has 2 rings (SSSR count). The maximum atomic E-state index is 11.9. The van der Waals surface area contributed by atoms with Crippen molar-refractivity contribution < 1.29 is 4.79 Å². The number of pyridine rings is 2. The second kappa shape index (κ2) is 8.34. The third-order valence-electron chi connectivity index (χ3n) is 2.88. The fourth-order valence-corrected chi connectivity index (χ4v) is 2.01. The van der Waals surface area contributed by atoms with Gasteiger partial charge in [-0.25, -0.2) is 0 Å². The van der Waals surface area contributed by atoms with Crippen LogP contribution >= 0.6 is 11.6 Å². The van der Waals surface area contributed by atoms with E-state index in [9.17, 15) is 4.79 Å². The van der Waals surface area contributed by atoms with Gasteiger partial charge < -0.3 is 10.6 Å². The summed E-state index contributed by atoms with van der Waals surface area (Å²) in [7, 11) is 0. The maximum absolute atomic E-state index is 11.9. The van der Waals surface area contributed by atoms with Crippen LogP contribution in [0.2, 0.25) is 5.02 Å². The first-order chi connectivity index (χ1) is 10.3. The van der Waals surface area contributed by atoms with Crippen molar-refractivity contribution in [3.63, 3.8) is 0 Å². The van der Waals surface area contributed by atoms with Gasteiger partial charge >= 0.3 is 0 Å². The van der Waals surface area contributed by atoms with Crippen molar-refractivity contribution in [2.24, 2.45) is 0 Å². The van der Waals surface area contributed by atoms with E-state index in [-0.39, 0.29) is 5.91 Å². The van der Waals surface area contributed by atoms with Crippen LogP contribution in [0.3, 0.4) is 0 Å². The SMILES string of the molecule is O=C(NCCCNCc1cccnc1)c1ccncc1Cl. The third-order valence-corrected chi connectivity index (χ3v) is 3.19. The Morgan fingerprint density at radius 1 is 1.14 bits per heavy atom. The fourth-order valence-electron chi connectivity index (χ4n) is 1.81. The predicted octanol–water partition coefficient (Wildman–Crippen LogP) is 2.04. The van der Waals surface area contributed by atoms with Gasteiger partial charge in [-0.3, -0.25) is 14.8 Å². The molecular weight excluding hydrogens is 288 g/mol. The minimum Gasteiger partial charge on any atom is -0.352 e. The Hall–Kier alpha value is -1.98. The molecule has 0 spiro atoms. The molecular formula is C15H17ClN4O. The Bertz CT molecular complexity index is 577. The average molecular weight is 305 g/mol. The highest BCUT2D eigenvalue weighted by Gasteiger charge is 2.08. The van der Waals surface area contributed by atoms with Crippen LogP contribution in [0, 0.1) is 0 Å². The van der Waals surface area contributed by atoms with Gasteiger partial charge in [0.15, 0.2) is 0 Å². The summed E-state index contributed by atoms with van der Waals surface area (Å²) in [6.45, 7) is 2.19. The molecule has 21 heavy (non-hydrogen) atoms. The average Bonchev–Trinajstić information content (AvgIpc) is 2.52. The van der Waals surface area contributed by atoms with E-state index in [1.54, 1.807) is 18.5 Å². The first-order valence-electron chi connectivity index (χ1n) is 6.74.